The van der Waals surface area contributed by atoms with Crippen LogP contribution in [-0.2, 0) is 10.0 Å². The summed E-state index contributed by atoms with van der Waals surface area (Å²) in [5.74, 6) is -0.174. The largest absolute Gasteiger partial charge is 0.340 e. The van der Waals surface area contributed by atoms with E-state index in [4.69, 9.17) is 11.6 Å². The topological polar surface area (TPSA) is 99.2 Å². The Labute approximate surface area is 111 Å². The lowest BCUT2D eigenvalue weighted by Gasteiger charge is -2.16. The summed E-state index contributed by atoms with van der Waals surface area (Å²) in [6.07, 6.45) is 0. The molecule has 0 rings (SSSR count). The SMILES string of the molecule is CCN(C)S(=O)(=O)CCNC(=O)N(CCCl)N=O. The second kappa shape index (κ2) is 8.22. The van der Waals surface area contributed by atoms with E-state index in [0.29, 0.717) is 11.6 Å². The number of rotatable bonds is 8. The Balaban J connectivity index is 4.19. The van der Waals surface area contributed by atoms with E-state index in [1.165, 1.54) is 11.4 Å². The van der Waals surface area contributed by atoms with Crippen molar-refractivity contribution in [3.05, 3.63) is 4.91 Å². The molecule has 0 heterocycles. The van der Waals surface area contributed by atoms with E-state index >= 15 is 0 Å². The van der Waals surface area contributed by atoms with Crippen LogP contribution < -0.4 is 5.32 Å². The summed E-state index contributed by atoms with van der Waals surface area (Å²) in [6, 6.07) is -0.764. The number of nitrogens with zero attached hydrogens (tertiary/aromatic N) is 3. The number of alkyl halides is 1. The van der Waals surface area contributed by atoms with Crippen LogP contribution >= 0.6 is 11.6 Å². The van der Waals surface area contributed by atoms with Crippen molar-refractivity contribution in [1.82, 2.24) is 14.6 Å². The van der Waals surface area contributed by atoms with Gasteiger partial charge < -0.3 is 5.32 Å². The Kier molecular flexibility index (Phi) is 7.80. The normalized spacial score (nSPS) is 11.3. The lowest BCUT2D eigenvalue weighted by Crippen LogP contribution is -2.41. The zero-order valence-corrected chi connectivity index (χ0v) is 11.9. The summed E-state index contributed by atoms with van der Waals surface area (Å²) in [7, 11) is -1.94. The molecule has 0 fully saturated rings. The van der Waals surface area contributed by atoms with Crippen LogP contribution in [0.4, 0.5) is 4.79 Å². The van der Waals surface area contributed by atoms with Crippen molar-refractivity contribution in [3.63, 3.8) is 0 Å². The highest BCUT2D eigenvalue weighted by molar-refractivity contribution is 7.89. The standard InChI is InChI=1S/C8H17ClN4O4S/c1-3-12(2)18(16,17)7-5-10-8(14)13(11-15)6-4-9/h3-7H2,1-2H3,(H,10,14). The first-order valence-electron chi connectivity index (χ1n) is 5.27. The predicted molar refractivity (Wildman–Crippen MR) is 68.7 cm³/mol. The van der Waals surface area contributed by atoms with Crippen molar-refractivity contribution in [2.75, 3.05) is 38.3 Å². The predicted octanol–water partition coefficient (Wildman–Crippen LogP) is 0.200. The molecule has 0 spiro atoms. The Bertz CT molecular complexity index is 375. The molecular formula is C8H17ClN4O4S. The molecule has 0 aliphatic heterocycles. The highest BCUT2D eigenvalue weighted by atomic mass is 35.5. The van der Waals surface area contributed by atoms with E-state index in [9.17, 15) is 18.1 Å². The van der Waals surface area contributed by atoms with Gasteiger partial charge in [0.05, 0.1) is 17.6 Å². The van der Waals surface area contributed by atoms with Crippen molar-refractivity contribution in [2.45, 2.75) is 6.92 Å². The van der Waals surface area contributed by atoms with Gasteiger partial charge in [-0.15, -0.1) is 16.5 Å². The number of urea groups is 1. The average Bonchev–Trinajstić information content (AvgIpc) is 2.34. The molecule has 0 aromatic heterocycles. The fraction of sp³-hybridized carbons (Fsp3) is 0.875. The van der Waals surface area contributed by atoms with Gasteiger partial charge in [-0.2, -0.15) is 5.01 Å². The Morgan fingerprint density at radius 1 is 1.44 bits per heavy atom. The molecule has 106 valence electrons. The lowest BCUT2D eigenvalue weighted by atomic mass is 10.6. The number of halogens is 1. The van der Waals surface area contributed by atoms with Crippen LogP contribution in [0.15, 0.2) is 5.29 Å². The van der Waals surface area contributed by atoms with Gasteiger partial charge in [0, 0.05) is 26.0 Å². The molecule has 10 heteroatoms. The van der Waals surface area contributed by atoms with Crippen molar-refractivity contribution in [1.29, 1.82) is 0 Å². The third-order valence-electron chi connectivity index (χ3n) is 2.19. The van der Waals surface area contributed by atoms with Crippen molar-refractivity contribution < 1.29 is 13.2 Å². The minimum atomic E-state index is -3.39. The van der Waals surface area contributed by atoms with Gasteiger partial charge in [0.25, 0.3) is 0 Å². The molecule has 0 aromatic carbocycles. The van der Waals surface area contributed by atoms with Gasteiger partial charge in [0.1, 0.15) is 0 Å². The molecule has 0 radical (unpaired) electrons. The molecule has 0 aliphatic rings. The number of hydrogen-bond donors (Lipinski definition) is 1. The molecule has 0 aliphatic carbocycles. The molecule has 8 nitrogen and oxygen atoms in total. The summed E-state index contributed by atoms with van der Waals surface area (Å²) in [5.41, 5.74) is 0. The zero-order valence-electron chi connectivity index (χ0n) is 10.3. The number of hydrogen-bond acceptors (Lipinski definition) is 5. The quantitative estimate of drug-likeness (QED) is 0.393. The van der Waals surface area contributed by atoms with Gasteiger partial charge in [0.15, 0.2) is 0 Å². The number of carbonyl (C=O) groups excluding carboxylic acids is 1. The highest BCUT2D eigenvalue weighted by Crippen LogP contribution is 1.97. The minimum Gasteiger partial charge on any atom is -0.335 e. The molecular weight excluding hydrogens is 284 g/mol. The first kappa shape index (κ1) is 17.1. The maximum Gasteiger partial charge on any atom is 0.340 e. The summed E-state index contributed by atoms with van der Waals surface area (Å²) < 4.78 is 24.3. The molecule has 0 aromatic rings. The summed E-state index contributed by atoms with van der Waals surface area (Å²) in [5, 5.41) is 5.35. The van der Waals surface area contributed by atoms with Crippen molar-refractivity contribution >= 4 is 27.7 Å². The van der Waals surface area contributed by atoms with E-state index in [2.05, 4.69) is 10.6 Å². The average molecular weight is 301 g/mol. The van der Waals surface area contributed by atoms with Crippen LogP contribution in [0, 0.1) is 4.91 Å². The number of carbonyl (C=O) groups is 1. The van der Waals surface area contributed by atoms with Crippen LogP contribution in [0.5, 0.6) is 0 Å². The van der Waals surface area contributed by atoms with Crippen LogP contribution in [0.25, 0.3) is 0 Å². The maximum atomic E-state index is 11.6. The van der Waals surface area contributed by atoms with Crippen LogP contribution in [0.1, 0.15) is 6.92 Å². The molecule has 0 atom stereocenters. The Morgan fingerprint density at radius 2 is 2.06 bits per heavy atom. The third-order valence-corrected chi connectivity index (χ3v) is 4.28. The first-order chi connectivity index (χ1) is 8.38. The van der Waals surface area contributed by atoms with Crippen LogP contribution in [0.2, 0.25) is 0 Å². The van der Waals surface area contributed by atoms with E-state index in [1.54, 1.807) is 6.92 Å². The number of amides is 2. The molecule has 18 heavy (non-hydrogen) atoms. The number of nitroso groups, excluding NO2 is 1. The van der Waals surface area contributed by atoms with Gasteiger partial charge in [-0.3, -0.25) is 0 Å². The summed E-state index contributed by atoms with van der Waals surface area (Å²) >= 11 is 5.36. The van der Waals surface area contributed by atoms with Crippen molar-refractivity contribution in [3.8, 4) is 0 Å². The van der Waals surface area contributed by atoms with Crippen molar-refractivity contribution in [2.24, 2.45) is 5.29 Å². The van der Waals surface area contributed by atoms with Gasteiger partial charge in [-0.25, -0.2) is 17.5 Å². The molecule has 0 saturated heterocycles. The van der Waals surface area contributed by atoms with E-state index in [-0.39, 0.29) is 24.7 Å². The van der Waals surface area contributed by atoms with E-state index in [0.717, 1.165) is 0 Å². The first-order valence-corrected chi connectivity index (χ1v) is 7.42. The molecule has 1 N–H and O–H groups in total. The second-order valence-corrected chi connectivity index (χ2v) is 5.93. The summed E-state index contributed by atoms with van der Waals surface area (Å²) in [6.45, 7) is 1.93. The van der Waals surface area contributed by atoms with E-state index < -0.39 is 16.1 Å². The fourth-order valence-corrected chi connectivity index (χ4v) is 2.22. The van der Waals surface area contributed by atoms with Gasteiger partial charge in [0.2, 0.25) is 10.0 Å². The third kappa shape index (κ3) is 5.61. The maximum absolute atomic E-state index is 11.6. The Hall–Kier alpha value is -0.930. The molecule has 2 amide bonds. The number of nitrogens with one attached hydrogen (secondary N) is 1. The number of sulfonamides is 1. The summed E-state index contributed by atoms with van der Waals surface area (Å²) in [4.78, 5) is 21.6. The fourth-order valence-electron chi connectivity index (χ4n) is 0.990. The van der Waals surface area contributed by atoms with Gasteiger partial charge in [-0.05, 0) is 0 Å². The lowest BCUT2D eigenvalue weighted by molar-refractivity contribution is 0.203. The Morgan fingerprint density at radius 3 is 2.50 bits per heavy atom. The smallest absolute Gasteiger partial charge is 0.335 e. The minimum absolute atomic E-state index is 0.0293. The van der Waals surface area contributed by atoms with Gasteiger partial charge in [-0.1, -0.05) is 6.92 Å². The molecule has 0 unspecified atom stereocenters. The van der Waals surface area contributed by atoms with Gasteiger partial charge >= 0.3 is 6.03 Å². The zero-order chi connectivity index (χ0) is 14.2. The monoisotopic (exact) mass is 300 g/mol. The highest BCUT2D eigenvalue weighted by Gasteiger charge is 2.18. The molecule has 0 bridgehead atoms. The van der Waals surface area contributed by atoms with Crippen LogP contribution in [0.3, 0.4) is 0 Å². The van der Waals surface area contributed by atoms with Crippen LogP contribution in [-0.4, -0.2) is 62.1 Å². The molecule has 0 saturated carbocycles. The van der Waals surface area contributed by atoms with E-state index in [1.807, 2.05) is 0 Å². The second-order valence-electron chi connectivity index (χ2n) is 3.36.